The van der Waals surface area contributed by atoms with E-state index >= 15 is 0 Å². The summed E-state index contributed by atoms with van der Waals surface area (Å²) >= 11 is 0. The highest BCUT2D eigenvalue weighted by Gasteiger charge is 2.29. The molecule has 106 valence electrons. The summed E-state index contributed by atoms with van der Waals surface area (Å²) in [5, 5.41) is 5.48. The molecule has 0 aliphatic heterocycles. The zero-order chi connectivity index (χ0) is 14.3. The van der Waals surface area contributed by atoms with Crippen LogP contribution >= 0.6 is 0 Å². The van der Waals surface area contributed by atoms with E-state index in [2.05, 4.69) is 10.6 Å². The Balaban J connectivity index is 4.34. The average Bonchev–Trinajstić information content (AvgIpc) is 2.28. The number of nitrogens with two attached hydrogens (primary N) is 1. The Labute approximate surface area is 110 Å². The number of carbonyl (C=O) groups is 2. The van der Waals surface area contributed by atoms with Crippen molar-refractivity contribution in [1.29, 1.82) is 0 Å². The molecule has 0 fully saturated rings. The zero-order valence-corrected chi connectivity index (χ0v) is 12.2. The Morgan fingerprint density at radius 3 is 2.22 bits per heavy atom. The summed E-state index contributed by atoms with van der Waals surface area (Å²) < 4.78 is 0. The SMILES string of the molecule is CCCC(C)(N)C(=O)NC(C)C(=O)NC(C)CC. The van der Waals surface area contributed by atoms with Crippen molar-refractivity contribution in [3.8, 4) is 0 Å². The Morgan fingerprint density at radius 1 is 1.22 bits per heavy atom. The minimum Gasteiger partial charge on any atom is -0.352 e. The topological polar surface area (TPSA) is 84.2 Å². The summed E-state index contributed by atoms with van der Waals surface area (Å²) in [5.41, 5.74) is 4.99. The number of nitrogens with one attached hydrogen (secondary N) is 2. The lowest BCUT2D eigenvalue weighted by atomic mass is 9.96. The van der Waals surface area contributed by atoms with E-state index < -0.39 is 11.6 Å². The highest BCUT2D eigenvalue weighted by atomic mass is 16.2. The summed E-state index contributed by atoms with van der Waals surface area (Å²) in [7, 11) is 0. The van der Waals surface area contributed by atoms with Crippen molar-refractivity contribution in [1.82, 2.24) is 10.6 Å². The standard InChI is InChI=1S/C13H27N3O2/c1-6-8-13(5,14)12(18)16-10(4)11(17)15-9(3)7-2/h9-10H,6-8,14H2,1-5H3,(H,15,17)(H,16,18). The molecule has 3 atom stereocenters. The van der Waals surface area contributed by atoms with Crippen molar-refractivity contribution >= 4 is 11.8 Å². The molecule has 0 aromatic carbocycles. The second-order valence-electron chi connectivity index (χ2n) is 5.18. The van der Waals surface area contributed by atoms with Gasteiger partial charge in [-0.05, 0) is 33.6 Å². The van der Waals surface area contributed by atoms with E-state index in [-0.39, 0.29) is 17.9 Å². The number of amides is 2. The lowest BCUT2D eigenvalue weighted by molar-refractivity contribution is -0.131. The van der Waals surface area contributed by atoms with Crippen LogP contribution in [0, 0.1) is 0 Å². The minimum atomic E-state index is -0.917. The minimum absolute atomic E-state index is 0.108. The molecule has 0 radical (unpaired) electrons. The molecule has 0 spiro atoms. The summed E-state index contributed by atoms with van der Waals surface area (Å²) in [6, 6.07) is -0.456. The van der Waals surface area contributed by atoms with Gasteiger partial charge in [0.2, 0.25) is 11.8 Å². The molecule has 0 aromatic heterocycles. The van der Waals surface area contributed by atoms with Gasteiger partial charge in [0.1, 0.15) is 6.04 Å². The van der Waals surface area contributed by atoms with Crippen molar-refractivity contribution in [3.05, 3.63) is 0 Å². The van der Waals surface area contributed by atoms with Crippen molar-refractivity contribution < 1.29 is 9.59 Å². The molecule has 3 unspecified atom stereocenters. The van der Waals surface area contributed by atoms with Crippen LogP contribution in [0.15, 0.2) is 0 Å². The van der Waals surface area contributed by atoms with E-state index in [0.29, 0.717) is 6.42 Å². The molecule has 5 heteroatoms. The van der Waals surface area contributed by atoms with Gasteiger partial charge in [-0.15, -0.1) is 0 Å². The maximum absolute atomic E-state index is 11.9. The van der Waals surface area contributed by atoms with Crippen LogP contribution < -0.4 is 16.4 Å². The fourth-order valence-corrected chi connectivity index (χ4v) is 1.53. The molecule has 18 heavy (non-hydrogen) atoms. The summed E-state index contributed by atoms with van der Waals surface area (Å²) in [6.45, 7) is 9.24. The summed E-state index contributed by atoms with van der Waals surface area (Å²) in [6.07, 6.45) is 2.28. The lowest BCUT2D eigenvalue weighted by Gasteiger charge is -2.25. The Kier molecular flexibility index (Phi) is 6.91. The molecule has 0 saturated heterocycles. The predicted octanol–water partition coefficient (Wildman–Crippen LogP) is 0.923. The average molecular weight is 257 g/mol. The smallest absolute Gasteiger partial charge is 0.242 e. The van der Waals surface area contributed by atoms with Crippen LogP contribution in [0.25, 0.3) is 0 Å². The number of hydrogen-bond donors (Lipinski definition) is 3. The molecular weight excluding hydrogens is 230 g/mol. The van der Waals surface area contributed by atoms with Crippen LogP contribution in [-0.4, -0.2) is 29.4 Å². The molecule has 2 amide bonds. The summed E-state index contributed by atoms with van der Waals surface area (Å²) in [4.78, 5) is 23.7. The maximum Gasteiger partial charge on any atom is 0.242 e. The zero-order valence-electron chi connectivity index (χ0n) is 12.2. The monoisotopic (exact) mass is 257 g/mol. The van der Waals surface area contributed by atoms with Gasteiger partial charge in [-0.25, -0.2) is 0 Å². The highest BCUT2D eigenvalue weighted by molar-refractivity contribution is 5.91. The van der Waals surface area contributed by atoms with Gasteiger partial charge in [0.05, 0.1) is 5.54 Å². The van der Waals surface area contributed by atoms with Gasteiger partial charge >= 0.3 is 0 Å². The van der Waals surface area contributed by atoms with Gasteiger partial charge in [-0.3, -0.25) is 9.59 Å². The summed E-state index contributed by atoms with van der Waals surface area (Å²) in [5.74, 6) is -0.457. The fraction of sp³-hybridized carbons (Fsp3) is 0.846. The molecule has 0 rings (SSSR count). The third kappa shape index (κ3) is 5.49. The number of hydrogen-bond acceptors (Lipinski definition) is 3. The fourth-order valence-electron chi connectivity index (χ4n) is 1.53. The number of rotatable bonds is 7. The van der Waals surface area contributed by atoms with Gasteiger partial charge in [0.25, 0.3) is 0 Å². The van der Waals surface area contributed by atoms with Gasteiger partial charge in [0, 0.05) is 6.04 Å². The first-order valence-electron chi connectivity index (χ1n) is 6.64. The van der Waals surface area contributed by atoms with Gasteiger partial charge < -0.3 is 16.4 Å². The first kappa shape index (κ1) is 16.9. The van der Waals surface area contributed by atoms with Crippen molar-refractivity contribution in [2.45, 2.75) is 71.5 Å². The third-order valence-electron chi connectivity index (χ3n) is 3.03. The van der Waals surface area contributed by atoms with Crippen LogP contribution in [0.4, 0.5) is 0 Å². The molecule has 0 bridgehead atoms. The van der Waals surface area contributed by atoms with Crippen molar-refractivity contribution in [2.75, 3.05) is 0 Å². The largest absolute Gasteiger partial charge is 0.352 e. The normalized spacial score (nSPS) is 17.4. The third-order valence-corrected chi connectivity index (χ3v) is 3.03. The first-order valence-corrected chi connectivity index (χ1v) is 6.64. The van der Waals surface area contributed by atoms with Crippen LogP contribution in [0.1, 0.15) is 53.9 Å². The van der Waals surface area contributed by atoms with Gasteiger partial charge in [-0.2, -0.15) is 0 Å². The van der Waals surface area contributed by atoms with E-state index in [0.717, 1.165) is 12.8 Å². The molecule has 4 N–H and O–H groups in total. The quantitative estimate of drug-likeness (QED) is 0.634. The van der Waals surface area contributed by atoms with E-state index in [1.54, 1.807) is 13.8 Å². The molecule has 0 saturated carbocycles. The molecule has 0 aliphatic carbocycles. The maximum atomic E-state index is 11.9. The van der Waals surface area contributed by atoms with E-state index in [4.69, 9.17) is 5.73 Å². The molecule has 0 heterocycles. The first-order chi connectivity index (χ1) is 8.24. The van der Waals surface area contributed by atoms with E-state index in [9.17, 15) is 9.59 Å². The Hall–Kier alpha value is -1.10. The lowest BCUT2D eigenvalue weighted by Crippen LogP contribution is -2.56. The Bertz CT molecular complexity index is 290. The van der Waals surface area contributed by atoms with Crippen LogP contribution in [-0.2, 0) is 9.59 Å². The molecule has 0 aliphatic rings. The predicted molar refractivity (Wildman–Crippen MR) is 73.0 cm³/mol. The second-order valence-corrected chi connectivity index (χ2v) is 5.18. The Morgan fingerprint density at radius 2 is 1.78 bits per heavy atom. The molecule has 0 aromatic rings. The van der Waals surface area contributed by atoms with Gasteiger partial charge in [0.15, 0.2) is 0 Å². The molecular formula is C13H27N3O2. The van der Waals surface area contributed by atoms with Crippen molar-refractivity contribution in [2.24, 2.45) is 5.73 Å². The highest BCUT2D eigenvalue weighted by Crippen LogP contribution is 2.08. The number of carbonyl (C=O) groups excluding carboxylic acids is 2. The van der Waals surface area contributed by atoms with E-state index in [1.165, 1.54) is 0 Å². The van der Waals surface area contributed by atoms with Crippen LogP contribution in [0.5, 0.6) is 0 Å². The van der Waals surface area contributed by atoms with Crippen molar-refractivity contribution in [3.63, 3.8) is 0 Å². The second kappa shape index (κ2) is 7.36. The molecule has 5 nitrogen and oxygen atoms in total. The van der Waals surface area contributed by atoms with E-state index in [1.807, 2.05) is 20.8 Å². The van der Waals surface area contributed by atoms with Crippen LogP contribution in [0.3, 0.4) is 0 Å². The van der Waals surface area contributed by atoms with Gasteiger partial charge in [-0.1, -0.05) is 20.3 Å². The van der Waals surface area contributed by atoms with Crippen LogP contribution in [0.2, 0.25) is 0 Å².